The molecule has 0 bridgehead atoms. The number of fused-ring (bicyclic) bond motifs is 1. The van der Waals surface area contributed by atoms with E-state index in [2.05, 4.69) is 67.1 Å². The molecule has 0 saturated heterocycles. The third kappa shape index (κ3) is 2.72. The van der Waals surface area contributed by atoms with Gasteiger partial charge in [0.2, 0.25) is 5.69 Å². The molecule has 1 heteroatoms. The van der Waals surface area contributed by atoms with Crippen molar-refractivity contribution in [1.29, 1.82) is 0 Å². The van der Waals surface area contributed by atoms with E-state index >= 15 is 0 Å². The molecule has 1 nitrogen and oxygen atoms in total. The summed E-state index contributed by atoms with van der Waals surface area (Å²) in [6, 6.07) is 23.4. The van der Waals surface area contributed by atoms with Crippen LogP contribution in [0.3, 0.4) is 0 Å². The number of hydrogen-bond donors (Lipinski definition) is 0. The summed E-state index contributed by atoms with van der Waals surface area (Å²) in [5.74, 6) is 0. The van der Waals surface area contributed by atoms with E-state index in [4.69, 9.17) is 2.74 Å². The normalized spacial score (nSPS) is 12.1. The van der Waals surface area contributed by atoms with Crippen molar-refractivity contribution >= 4 is 10.8 Å². The second-order valence-corrected chi connectivity index (χ2v) is 6.50. The lowest BCUT2D eigenvalue weighted by atomic mass is 9.96. The van der Waals surface area contributed by atoms with Gasteiger partial charge in [-0.25, -0.2) is 0 Å². The minimum atomic E-state index is 0.371. The Labute approximate surface area is 152 Å². The van der Waals surface area contributed by atoms with Crippen LogP contribution in [0, 0.1) is 13.8 Å². The number of hydrogen-bond acceptors (Lipinski definition) is 0. The minimum absolute atomic E-state index is 0.371. The van der Waals surface area contributed by atoms with Gasteiger partial charge in [0.1, 0.15) is 7.05 Å². The zero-order valence-corrected chi connectivity index (χ0v) is 14.8. The van der Waals surface area contributed by atoms with E-state index in [-0.39, 0.29) is 0 Å². The van der Waals surface area contributed by atoms with Gasteiger partial charge < -0.3 is 0 Å². The third-order valence-corrected chi connectivity index (χ3v) is 4.90. The van der Waals surface area contributed by atoms with Gasteiger partial charge in [-0.2, -0.15) is 4.57 Å². The second kappa shape index (κ2) is 6.18. The maximum atomic E-state index is 8.20. The fraction of sp³-hybridized carbons (Fsp3) is 0.125. The molecule has 0 radical (unpaired) electrons. The van der Waals surface area contributed by atoms with Crippen molar-refractivity contribution < 1.29 is 7.31 Å². The van der Waals surface area contributed by atoms with E-state index < -0.39 is 0 Å². The van der Waals surface area contributed by atoms with E-state index in [1.54, 1.807) is 6.07 Å². The van der Waals surface area contributed by atoms with Crippen molar-refractivity contribution in [2.45, 2.75) is 13.8 Å². The van der Waals surface area contributed by atoms with Crippen molar-refractivity contribution in [3.8, 4) is 22.4 Å². The first-order valence-electron chi connectivity index (χ1n) is 9.53. The largest absolute Gasteiger partial charge is 0.220 e. The van der Waals surface area contributed by atoms with Gasteiger partial charge in [0.05, 0.1) is 8.13 Å². The highest BCUT2D eigenvalue weighted by Crippen LogP contribution is 2.31. The number of rotatable bonds is 2. The molecule has 0 saturated carbocycles. The summed E-state index contributed by atoms with van der Waals surface area (Å²) in [4.78, 5) is 0. The highest BCUT2D eigenvalue weighted by molar-refractivity contribution is 5.96. The molecule has 25 heavy (non-hydrogen) atoms. The predicted octanol–water partition coefficient (Wildman–Crippen LogP) is 5.62. The number of aromatic nitrogens is 1. The van der Waals surface area contributed by atoms with Gasteiger partial charge in [-0.15, -0.1) is 0 Å². The number of benzene rings is 3. The lowest BCUT2D eigenvalue weighted by Gasteiger charge is -2.11. The number of aryl methyl sites for hydroxylation is 1. The molecule has 1 heterocycles. The van der Waals surface area contributed by atoms with Crippen LogP contribution in [-0.2, 0) is 7.05 Å². The molecule has 0 aliphatic carbocycles. The Morgan fingerprint density at radius 1 is 0.840 bits per heavy atom. The molecule has 0 unspecified atom stereocenters. The van der Waals surface area contributed by atoms with E-state index in [0.29, 0.717) is 12.1 Å². The molecule has 0 atom stereocenters. The van der Waals surface area contributed by atoms with E-state index in [9.17, 15) is 0 Å². The van der Waals surface area contributed by atoms with E-state index in [1.165, 1.54) is 16.5 Å². The molecule has 0 amide bonds. The topological polar surface area (TPSA) is 3.88 Å². The van der Waals surface area contributed by atoms with Crippen LogP contribution in [0.15, 0.2) is 78.8 Å². The quantitative estimate of drug-likeness (QED) is 0.421. The molecule has 0 aliphatic rings. The van der Waals surface area contributed by atoms with Crippen LogP contribution in [-0.4, -0.2) is 0 Å². The monoisotopic (exact) mass is 326 g/mol. The van der Waals surface area contributed by atoms with Gasteiger partial charge in [-0.1, -0.05) is 54.5 Å². The summed E-state index contributed by atoms with van der Waals surface area (Å²) in [5, 5.41) is 2.30. The Morgan fingerprint density at radius 2 is 1.64 bits per heavy atom. The highest BCUT2D eigenvalue weighted by Gasteiger charge is 2.19. The summed E-state index contributed by atoms with van der Waals surface area (Å²) in [5.41, 5.74) is 6.45. The minimum Gasteiger partial charge on any atom is -0.198 e. The first-order chi connectivity index (χ1) is 13.0. The Hall–Kier alpha value is -2.93. The molecule has 0 N–H and O–H groups in total. The van der Waals surface area contributed by atoms with Gasteiger partial charge in [-0.05, 0) is 47.2 Å². The van der Waals surface area contributed by atoms with Crippen LogP contribution in [0.2, 0.25) is 0 Å². The molecule has 0 fully saturated rings. The zero-order valence-electron chi connectivity index (χ0n) is 16.8. The van der Waals surface area contributed by atoms with E-state index in [0.717, 1.165) is 27.9 Å². The summed E-state index contributed by atoms with van der Waals surface area (Å²) >= 11 is 0. The maximum absolute atomic E-state index is 8.20. The summed E-state index contributed by atoms with van der Waals surface area (Å²) in [7, 11) is 2.05. The van der Waals surface area contributed by atoms with Crippen molar-refractivity contribution in [3.63, 3.8) is 0 Å². The fourth-order valence-corrected chi connectivity index (χ4v) is 3.42. The summed E-state index contributed by atoms with van der Waals surface area (Å²) in [6.45, 7) is 4.06. The molecule has 3 aromatic carbocycles. The first kappa shape index (κ1) is 13.4. The van der Waals surface area contributed by atoms with Crippen molar-refractivity contribution in [2.75, 3.05) is 0 Å². The highest BCUT2D eigenvalue weighted by atomic mass is 14.9. The molecular formula is C24H22N+. The number of pyridine rings is 1. The fourth-order valence-electron chi connectivity index (χ4n) is 3.42. The second-order valence-electron chi connectivity index (χ2n) is 6.50. The molecule has 4 aromatic rings. The van der Waals surface area contributed by atoms with Gasteiger partial charge in [0, 0.05) is 18.6 Å². The molecule has 0 aliphatic heterocycles. The predicted molar refractivity (Wildman–Crippen MR) is 105 cm³/mol. The SMILES string of the molecule is [2H]c1cc([2H])c(C)c(-c2c3ccc(-c4ccccc4)cc3cc(C)[n+]2C)c1. The van der Waals surface area contributed by atoms with Crippen LogP contribution in [0.25, 0.3) is 33.2 Å². The Balaban J connectivity index is 2.03. The lowest BCUT2D eigenvalue weighted by molar-refractivity contribution is -0.665. The molecular weight excluding hydrogens is 302 g/mol. The van der Waals surface area contributed by atoms with Crippen LogP contribution in [0.5, 0.6) is 0 Å². The molecule has 0 spiro atoms. The van der Waals surface area contributed by atoms with Crippen LogP contribution in [0.4, 0.5) is 0 Å². The lowest BCUT2D eigenvalue weighted by Crippen LogP contribution is -2.35. The Morgan fingerprint density at radius 3 is 2.44 bits per heavy atom. The average molecular weight is 326 g/mol. The van der Waals surface area contributed by atoms with Gasteiger partial charge in [0.25, 0.3) is 0 Å². The smallest absolute Gasteiger partial charge is 0.198 e. The zero-order chi connectivity index (χ0) is 19.1. The molecule has 1 aromatic heterocycles. The third-order valence-electron chi connectivity index (χ3n) is 4.90. The van der Waals surface area contributed by atoms with Crippen LogP contribution < -0.4 is 4.57 Å². The van der Waals surface area contributed by atoms with Crippen molar-refractivity contribution in [3.05, 3.63) is 90.1 Å². The Bertz CT molecular complexity index is 1160. The van der Waals surface area contributed by atoms with Crippen LogP contribution >= 0.6 is 0 Å². The number of nitrogens with zero attached hydrogens (tertiary/aromatic N) is 1. The van der Waals surface area contributed by atoms with Crippen LogP contribution in [0.1, 0.15) is 14.0 Å². The summed E-state index contributed by atoms with van der Waals surface area (Å²) in [6.07, 6.45) is 0. The van der Waals surface area contributed by atoms with Gasteiger partial charge in [-0.3, -0.25) is 0 Å². The summed E-state index contributed by atoms with van der Waals surface area (Å²) < 4.78 is 18.4. The standard InChI is InChI=1S/C24H22N/c1-17-9-7-8-12-22(17)24-23-14-13-20(19-10-5-4-6-11-19)16-21(23)15-18(2)25(24)3/h4-16H,1-3H3/q+1/i8D,9D. The molecule has 4 rings (SSSR count). The van der Waals surface area contributed by atoms with Gasteiger partial charge in [0.15, 0.2) is 5.69 Å². The first-order valence-corrected chi connectivity index (χ1v) is 8.53. The van der Waals surface area contributed by atoms with E-state index in [1.807, 2.05) is 19.1 Å². The van der Waals surface area contributed by atoms with Crippen molar-refractivity contribution in [1.82, 2.24) is 0 Å². The molecule has 122 valence electrons. The van der Waals surface area contributed by atoms with Crippen molar-refractivity contribution in [2.24, 2.45) is 7.05 Å². The maximum Gasteiger partial charge on any atom is 0.220 e. The Kier molecular flexibility index (Phi) is 3.30. The average Bonchev–Trinajstić information content (AvgIpc) is 2.66. The van der Waals surface area contributed by atoms with Gasteiger partial charge >= 0.3 is 0 Å².